The van der Waals surface area contributed by atoms with Gasteiger partial charge in [0.15, 0.2) is 0 Å². The van der Waals surface area contributed by atoms with E-state index in [4.69, 9.17) is 4.74 Å². The van der Waals surface area contributed by atoms with E-state index in [1.54, 1.807) is 7.11 Å². The molecule has 1 aromatic rings. The number of methoxy groups -OCH3 is 1. The van der Waals surface area contributed by atoms with Crippen LogP contribution in [-0.4, -0.2) is 26.2 Å². The molecule has 0 saturated heterocycles. The molecule has 1 amide bonds. The average Bonchev–Trinajstić information content (AvgIpc) is 3.11. The van der Waals surface area contributed by atoms with Crippen LogP contribution in [0.5, 0.6) is 0 Å². The molecule has 1 fully saturated rings. The molecule has 1 aromatic carbocycles. The van der Waals surface area contributed by atoms with E-state index in [1.807, 2.05) is 0 Å². The van der Waals surface area contributed by atoms with Crippen molar-refractivity contribution in [3.05, 3.63) is 35.4 Å². The summed E-state index contributed by atoms with van der Waals surface area (Å²) in [7, 11) is 1.64. The van der Waals surface area contributed by atoms with Crippen LogP contribution in [0.1, 0.15) is 24.0 Å². The molecule has 1 saturated carbocycles. The van der Waals surface area contributed by atoms with Crippen LogP contribution in [0, 0.1) is 6.92 Å². The van der Waals surface area contributed by atoms with Crippen molar-refractivity contribution in [2.75, 3.05) is 20.3 Å². The smallest absolute Gasteiger partial charge is 0.230 e. The summed E-state index contributed by atoms with van der Waals surface area (Å²) in [6, 6.07) is 8.27. The predicted molar refractivity (Wildman–Crippen MR) is 67.0 cm³/mol. The van der Waals surface area contributed by atoms with Crippen LogP contribution in [0.3, 0.4) is 0 Å². The Balaban J connectivity index is 2.03. The van der Waals surface area contributed by atoms with Gasteiger partial charge in [-0.05, 0) is 25.3 Å². The molecule has 3 nitrogen and oxygen atoms in total. The van der Waals surface area contributed by atoms with Gasteiger partial charge >= 0.3 is 0 Å². The van der Waals surface area contributed by atoms with Crippen molar-refractivity contribution < 1.29 is 9.53 Å². The number of aryl methyl sites for hydroxylation is 1. The van der Waals surface area contributed by atoms with E-state index >= 15 is 0 Å². The zero-order valence-electron chi connectivity index (χ0n) is 10.5. The Morgan fingerprint density at radius 3 is 2.53 bits per heavy atom. The van der Waals surface area contributed by atoms with Gasteiger partial charge < -0.3 is 10.1 Å². The first kappa shape index (κ1) is 12.1. The molecule has 1 aliphatic carbocycles. The van der Waals surface area contributed by atoms with Crippen LogP contribution < -0.4 is 5.32 Å². The Morgan fingerprint density at radius 2 is 2.00 bits per heavy atom. The highest BCUT2D eigenvalue weighted by Crippen LogP contribution is 2.48. The summed E-state index contributed by atoms with van der Waals surface area (Å²) in [5.41, 5.74) is 2.10. The fraction of sp³-hybridized carbons (Fsp3) is 0.500. The highest BCUT2D eigenvalue weighted by atomic mass is 16.5. The monoisotopic (exact) mass is 233 g/mol. The van der Waals surface area contributed by atoms with Crippen molar-refractivity contribution in [2.24, 2.45) is 0 Å². The number of benzene rings is 1. The molecule has 0 atom stereocenters. The van der Waals surface area contributed by atoms with Gasteiger partial charge in [-0.2, -0.15) is 0 Å². The van der Waals surface area contributed by atoms with Gasteiger partial charge in [0, 0.05) is 13.7 Å². The van der Waals surface area contributed by atoms with Gasteiger partial charge in [0.05, 0.1) is 12.0 Å². The lowest BCUT2D eigenvalue weighted by Gasteiger charge is -2.15. The lowest BCUT2D eigenvalue weighted by molar-refractivity contribution is -0.123. The topological polar surface area (TPSA) is 38.3 Å². The van der Waals surface area contributed by atoms with Crippen molar-refractivity contribution in [1.82, 2.24) is 5.32 Å². The number of carbonyl (C=O) groups is 1. The van der Waals surface area contributed by atoms with Crippen molar-refractivity contribution in [1.29, 1.82) is 0 Å². The third-order valence-corrected chi connectivity index (χ3v) is 3.38. The summed E-state index contributed by atoms with van der Waals surface area (Å²) in [6.07, 6.45) is 1.91. The molecule has 0 aromatic heterocycles. The number of hydrogen-bond acceptors (Lipinski definition) is 2. The summed E-state index contributed by atoms with van der Waals surface area (Å²) < 4.78 is 4.93. The first-order chi connectivity index (χ1) is 8.19. The Kier molecular flexibility index (Phi) is 3.48. The maximum atomic E-state index is 12.1. The van der Waals surface area contributed by atoms with Gasteiger partial charge in [0.2, 0.25) is 5.91 Å². The lowest BCUT2D eigenvalue weighted by Crippen LogP contribution is -2.36. The van der Waals surface area contributed by atoms with E-state index in [0.29, 0.717) is 13.2 Å². The second kappa shape index (κ2) is 4.88. The van der Waals surface area contributed by atoms with Gasteiger partial charge in [0.25, 0.3) is 0 Å². The maximum Gasteiger partial charge on any atom is 0.230 e. The summed E-state index contributed by atoms with van der Waals surface area (Å²) in [4.78, 5) is 12.1. The first-order valence-electron chi connectivity index (χ1n) is 6.03. The molecule has 0 unspecified atom stereocenters. The van der Waals surface area contributed by atoms with E-state index in [-0.39, 0.29) is 11.3 Å². The van der Waals surface area contributed by atoms with Crippen LogP contribution in [-0.2, 0) is 14.9 Å². The average molecular weight is 233 g/mol. The fourth-order valence-corrected chi connectivity index (χ4v) is 2.08. The summed E-state index contributed by atoms with van der Waals surface area (Å²) in [6.45, 7) is 3.21. The van der Waals surface area contributed by atoms with Gasteiger partial charge in [0.1, 0.15) is 0 Å². The Bertz CT molecular complexity index is 393. The van der Waals surface area contributed by atoms with Crippen molar-refractivity contribution >= 4 is 5.91 Å². The van der Waals surface area contributed by atoms with Gasteiger partial charge in [-0.3, -0.25) is 4.79 Å². The maximum absolute atomic E-state index is 12.1. The SMILES string of the molecule is COCCNC(=O)C1(c2ccc(C)cc2)CC1. The molecule has 0 radical (unpaired) electrons. The zero-order valence-corrected chi connectivity index (χ0v) is 10.5. The van der Waals surface area contributed by atoms with Gasteiger partial charge in [-0.15, -0.1) is 0 Å². The minimum absolute atomic E-state index is 0.137. The molecular weight excluding hydrogens is 214 g/mol. The van der Waals surface area contributed by atoms with E-state index in [9.17, 15) is 4.79 Å². The zero-order chi connectivity index (χ0) is 12.3. The van der Waals surface area contributed by atoms with Crippen LogP contribution in [0.4, 0.5) is 0 Å². The standard InChI is InChI=1S/C14H19NO2/c1-11-3-5-12(6-4-11)14(7-8-14)13(16)15-9-10-17-2/h3-6H,7-10H2,1-2H3,(H,15,16). The Labute approximate surface area is 102 Å². The molecule has 2 rings (SSSR count). The predicted octanol–water partition coefficient (Wildman–Crippen LogP) is 1.79. The van der Waals surface area contributed by atoms with Crippen LogP contribution >= 0.6 is 0 Å². The van der Waals surface area contributed by atoms with Crippen molar-refractivity contribution in [2.45, 2.75) is 25.2 Å². The molecule has 17 heavy (non-hydrogen) atoms. The molecule has 92 valence electrons. The summed E-state index contributed by atoms with van der Waals surface area (Å²) in [5.74, 6) is 0.137. The van der Waals surface area contributed by atoms with E-state index in [0.717, 1.165) is 18.4 Å². The number of carbonyl (C=O) groups excluding carboxylic acids is 1. The molecule has 0 spiro atoms. The normalized spacial score (nSPS) is 16.6. The third-order valence-electron chi connectivity index (χ3n) is 3.38. The second-order valence-electron chi connectivity index (χ2n) is 4.70. The highest BCUT2D eigenvalue weighted by molar-refractivity contribution is 5.91. The van der Waals surface area contributed by atoms with Crippen LogP contribution in [0.25, 0.3) is 0 Å². The number of rotatable bonds is 5. The highest BCUT2D eigenvalue weighted by Gasteiger charge is 2.50. The number of amides is 1. The quantitative estimate of drug-likeness (QED) is 0.787. The third kappa shape index (κ3) is 2.50. The minimum atomic E-state index is -0.262. The first-order valence-corrected chi connectivity index (χ1v) is 6.03. The fourth-order valence-electron chi connectivity index (χ4n) is 2.08. The molecule has 1 aliphatic rings. The van der Waals surface area contributed by atoms with Crippen molar-refractivity contribution in [3.8, 4) is 0 Å². The van der Waals surface area contributed by atoms with E-state index < -0.39 is 0 Å². The molecule has 0 aliphatic heterocycles. The largest absolute Gasteiger partial charge is 0.383 e. The molecular formula is C14H19NO2. The summed E-state index contributed by atoms with van der Waals surface area (Å²) >= 11 is 0. The van der Waals surface area contributed by atoms with E-state index in [2.05, 4.69) is 36.5 Å². The summed E-state index contributed by atoms with van der Waals surface area (Å²) in [5, 5.41) is 2.94. The van der Waals surface area contributed by atoms with Crippen LogP contribution in [0.2, 0.25) is 0 Å². The molecule has 1 N–H and O–H groups in total. The van der Waals surface area contributed by atoms with Crippen LogP contribution in [0.15, 0.2) is 24.3 Å². The number of hydrogen-bond donors (Lipinski definition) is 1. The lowest BCUT2D eigenvalue weighted by atomic mass is 9.94. The molecule has 0 heterocycles. The second-order valence-corrected chi connectivity index (χ2v) is 4.70. The Hall–Kier alpha value is -1.35. The minimum Gasteiger partial charge on any atom is -0.383 e. The van der Waals surface area contributed by atoms with E-state index in [1.165, 1.54) is 5.56 Å². The van der Waals surface area contributed by atoms with Crippen molar-refractivity contribution in [3.63, 3.8) is 0 Å². The number of ether oxygens (including phenoxy) is 1. The number of nitrogens with one attached hydrogen (secondary N) is 1. The Morgan fingerprint density at radius 1 is 1.35 bits per heavy atom. The van der Waals surface area contributed by atoms with Gasteiger partial charge in [-0.25, -0.2) is 0 Å². The molecule has 0 bridgehead atoms. The molecule has 3 heteroatoms. The van der Waals surface area contributed by atoms with Gasteiger partial charge in [-0.1, -0.05) is 29.8 Å².